The van der Waals surface area contributed by atoms with Crippen molar-refractivity contribution in [2.45, 2.75) is 13.8 Å². The van der Waals surface area contributed by atoms with Gasteiger partial charge in [0.25, 0.3) is 0 Å². The summed E-state index contributed by atoms with van der Waals surface area (Å²) in [7, 11) is 0. The molecule has 2 aromatic carbocycles. The first-order valence-corrected chi connectivity index (χ1v) is 7.46. The predicted octanol–water partition coefficient (Wildman–Crippen LogP) is 3.65. The minimum atomic E-state index is -0.325. The van der Waals surface area contributed by atoms with Crippen molar-refractivity contribution in [3.63, 3.8) is 0 Å². The zero-order valence-electron chi connectivity index (χ0n) is 13.3. The van der Waals surface area contributed by atoms with Gasteiger partial charge >= 0.3 is 0 Å². The molecule has 0 heterocycles. The Bertz CT molecular complexity index is 710. The van der Waals surface area contributed by atoms with E-state index in [2.05, 4.69) is 11.4 Å². The van der Waals surface area contributed by atoms with Gasteiger partial charge in [-0.05, 0) is 49.2 Å². The van der Waals surface area contributed by atoms with Crippen LogP contribution in [-0.2, 0) is 4.79 Å². The highest BCUT2D eigenvalue weighted by Crippen LogP contribution is 2.18. The molecule has 0 atom stereocenters. The molecule has 0 aromatic heterocycles. The van der Waals surface area contributed by atoms with Gasteiger partial charge in [-0.25, -0.2) is 4.39 Å². The number of amides is 1. The van der Waals surface area contributed by atoms with E-state index in [1.807, 2.05) is 26.0 Å². The number of carbonyl (C=O) groups excluding carboxylic acids is 1. The average Bonchev–Trinajstić information content (AvgIpc) is 2.51. The minimum Gasteiger partial charge on any atom is -0.491 e. The Balaban J connectivity index is 1.74. The number of nitrogens with one attached hydrogen (secondary N) is 1. The summed E-state index contributed by atoms with van der Waals surface area (Å²) in [4.78, 5) is 11.7. The molecule has 0 aliphatic rings. The summed E-state index contributed by atoms with van der Waals surface area (Å²) >= 11 is 0. The number of ether oxygens (including phenoxy) is 1. The van der Waals surface area contributed by atoms with Gasteiger partial charge in [-0.1, -0.05) is 29.8 Å². The standard InChI is InChI=1S/C19H20FNO2/c1-14-6-8-18(15(2)12-14)23-11-10-21-19(22)9-7-16-4-3-5-17(20)13-16/h3-9,12-13H,10-11H2,1-2H3,(H,21,22)/b9-7+. The molecule has 2 aromatic rings. The topological polar surface area (TPSA) is 38.3 Å². The lowest BCUT2D eigenvalue weighted by molar-refractivity contribution is -0.116. The monoisotopic (exact) mass is 313 g/mol. The molecule has 0 saturated heterocycles. The number of hydrogen-bond donors (Lipinski definition) is 1. The van der Waals surface area contributed by atoms with Crippen LogP contribution in [0.4, 0.5) is 4.39 Å². The Hall–Kier alpha value is -2.62. The largest absolute Gasteiger partial charge is 0.491 e. The molecule has 0 fully saturated rings. The van der Waals surface area contributed by atoms with Crippen LogP contribution < -0.4 is 10.1 Å². The van der Waals surface area contributed by atoms with Gasteiger partial charge in [0.2, 0.25) is 5.91 Å². The van der Waals surface area contributed by atoms with Gasteiger partial charge in [0.1, 0.15) is 18.2 Å². The molecule has 0 aliphatic heterocycles. The van der Waals surface area contributed by atoms with E-state index in [-0.39, 0.29) is 11.7 Å². The quantitative estimate of drug-likeness (QED) is 0.653. The fourth-order valence-electron chi connectivity index (χ4n) is 2.14. The highest BCUT2D eigenvalue weighted by atomic mass is 19.1. The molecule has 0 aliphatic carbocycles. The molecular weight excluding hydrogens is 293 g/mol. The van der Waals surface area contributed by atoms with Gasteiger partial charge in [-0.2, -0.15) is 0 Å². The third-order valence-corrected chi connectivity index (χ3v) is 3.27. The maximum absolute atomic E-state index is 13.0. The number of rotatable bonds is 6. The third-order valence-electron chi connectivity index (χ3n) is 3.27. The summed E-state index contributed by atoms with van der Waals surface area (Å²) in [5.41, 5.74) is 2.90. The first-order valence-electron chi connectivity index (χ1n) is 7.46. The van der Waals surface area contributed by atoms with Crippen LogP contribution in [-0.4, -0.2) is 19.1 Å². The Morgan fingerprint density at radius 3 is 2.78 bits per heavy atom. The first kappa shape index (κ1) is 16.7. The van der Waals surface area contributed by atoms with Crippen molar-refractivity contribution in [1.29, 1.82) is 0 Å². The van der Waals surface area contributed by atoms with Gasteiger partial charge < -0.3 is 10.1 Å². The molecule has 23 heavy (non-hydrogen) atoms. The smallest absolute Gasteiger partial charge is 0.244 e. The summed E-state index contributed by atoms with van der Waals surface area (Å²) in [5.74, 6) is 0.257. The average molecular weight is 313 g/mol. The molecule has 0 saturated carbocycles. The van der Waals surface area contributed by atoms with E-state index in [9.17, 15) is 9.18 Å². The van der Waals surface area contributed by atoms with Gasteiger partial charge in [-0.3, -0.25) is 4.79 Å². The second kappa shape index (κ2) is 8.13. The zero-order chi connectivity index (χ0) is 16.7. The van der Waals surface area contributed by atoms with Crippen LogP contribution in [0.1, 0.15) is 16.7 Å². The minimum absolute atomic E-state index is 0.238. The lowest BCUT2D eigenvalue weighted by Gasteiger charge is -2.09. The van der Waals surface area contributed by atoms with E-state index in [0.717, 1.165) is 11.3 Å². The summed E-state index contributed by atoms with van der Waals surface area (Å²) in [5, 5.41) is 2.72. The Morgan fingerprint density at radius 1 is 1.22 bits per heavy atom. The molecule has 2 rings (SSSR count). The van der Waals surface area contributed by atoms with Crippen molar-refractivity contribution < 1.29 is 13.9 Å². The fourth-order valence-corrected chi connectivity index (χ4v) is 2.14. The number of hydrogen-bond acceptors (Lipinski definition) is 2. The summed E-state index contributed by atoms with van der Waals surface area (Å²) in [6.45, 7) is 4.81. The van der Waals surface area contributed by atoms with Crippen molar-refractivity contribution in [1.82, 2.24) is 5.32 Å². The zero-order valence-corrected chi connectivity index (χ0v) is 13.3. The van der Waals surface area contributed by atoms with Crippen molar-refractivity contribution in [2.75, 3.05) is 13.2 Å². The Labute approximate surface area is 135 Å². The van der Waals surface area contributed by atoms with Crippen LogP contribution in [0.3, 0.4) is 0 Å². The van der Waals surface area contributed by atoms with Gasteiger partial charge in [0.15, 0.2) is 0 Å². The van der Waals surface area contributed by atoms with E-state index in [4.69, 9.17) is 4.74 Å². The molecule has 0 spiro atoms. The third kappa shape index (κ3) is 5.58. The second-order valence-corrected chi connectivity index (χ2v) is 5.30. The van der Waals surface area contributed by atoms with E-state index in [1.54, 1.807) is 18.2 Å². The van der Waals surface area contributed by atoms with Crippen molar-refractivity contribution in [2.24, 2.45) is 0 Å². The molecule has 0 unspecified atom stereocenters. The second-order valence-electron chi connectivity index (χ2n) is 5.30. The highest BCUT2D eigenvalue weighted by Gasteiger charge is 2.00. The van der Waals surface area contributed by atoms with Crippen LogP contribution >= 0.6 is 0 Å². The van der Waals surface area contributed by atoms with E-state index >= 15 is 0 Å². The van der Waals surface area contributed by atoms with Crippen LogP contribution in [0.2, 0.25) is 0 Å². The number of halogens is 1. The SMILES string of the molecule is Cc1ccc(OCCNC(=O)/C=C/c2cccc(F)c2)c(C)c1. The van der Waals surface area contributed by atoms with Gasteiger partial charge in [0, 0.05) is 6.08 Å². The summed E-state index contributed by atoms with van der Waals surface area (Å²) in [6, 6.07) is 12.0. The maximum Gasteiger partial charge on any atom is 0.244 e. The van der Waals surface area contributed by atoms with Crippen molar-refractivity contribution in [3.05, 3.63) is 71.0 Å². The molecule has 3 nitrogen and oxygen atoms in total. The Morgan fingerprint density at radius 2 is 2.04 bits per heavy atom. The van der Waals surface area contributed by atoms with Crippen molar-refractivity contribution in [3.8, 4) is 5.75 Å². The summed E-state index contributed by atoms with van der Waals surface area (Å²) < 4.78 is 18.6. The van der Waals surface area contributed by atoms with Crippen LogP contribution in [0.15, 0.2) is 48.5 Å². The number of carbonyl (C=O) groups is 1. The summed E-state index contributed by atoms with van der Waals surface area (Å²) in [6.07, 6.45) is 2.95. The van der Waals surface area contributed by atoms with Gasteiger partial charge in [-0.15, -0.1) is 0 Å². The molecule has 120 valence electrons. The molecule has 1 amide bonds. The van der Waals surface area contributed by atoms with Gasteiger partial charge in [0.05, 0.1) is 6.54 Å². The van der Waals surface area contributed by atoms with Crippen LogP contribution in [0.5, 0.6) is 5.75 Å². The van der Waals surface area contributed by atoms with Crippen LogP contribution in [0.25, 0.3) is 6.08 Å². The molecule has 4 heteroatoms. The molecule has 0 bridgehead atoms. The lowest BCUT2D eigenvalue weighted by Crippen LogP contribution is -2.26. The molecule has 1 N–H and O–H groups in total. The van der Waals surface area contributed by atoms with Crippen molar-refractivity contribution >= 4 is 12.0 Å². The highest BCUT2D eigenvalue weighted by molar-refractivity contribution is 5.91. The first-order chi connectivity index (χ1) is 11.0. The van der Waals surface area contributed by atoms with E-state index in [0.29, 0.717) is 18.7 Å². The van der Waals surface area contributed by atoms with Crippen LogP contribution in [0, 0.1) is 19.7 Å². The molecule has 0 radical (unpaired) electrons. The normalized spacial score (nSPS) is 10.7. The number of aryl methyl sites for hydroxylation is 2. The fraction of sp³-hybridized carbons (Fsp3) is 0.211. The maximum atomic E-state index is 13.0. The number of benzene rings is 2. The van der Waals surface area contributed by atoms with E-state index in [1.165, 1.54) is 23.8 Å². The Kier molecular flexibility index (Phi) is 5.92. The molecular formula is C19H20FNO2. The predicted molar refractivity (Wildman–Crippen MR) is 89.9 cm³/mol. The lowest BCUT2D eigenvalue weighted by atomic mass is 10.1. The van der Waals surface area contributed by atoms with E-state index < -0.39 is 0 Å².